The first-order valence-corrected chi connectivity index (χ1v) is 4.87. The average Bonchev–Trinajstić information content (AvgIpc) is 2.57. The Bertz CT molecular complexity index is 404. The summed E-state index contributed by atoms with van der Waals surface area (Å²) in [6.45, 7) is 2.61. The van der Waals surface area contributed by atoms with Crippen LogP contribution in [0.4, 0.5) is 17.1 Å². The van der Waals surface area contributed by atoms with Crippen molar-refractivity contribution in [2.75, 3.05) is 12.3 Å². The van der Waals surface area contributed by atoms with Crippen molar-refractivity contribution in [3.63, 3.8) is 0 Å². The number of nitrogens with zero attached hydrogens (tertiary/aromatic N) is 1. The van der Waals surface area contributed by atoms with Gasteiger partial charge in [-0.3, -0.25) is 5.06 Å². The van der Waals surface area contributed by atoms with Crippen molar-refractivity contribution in [3.05, 3.63) is 17.3 Å². The van der Waals surface area contributed by atoms with E-state index in [1.807, 2.05) is 6.92 Å². The summed E-state index contributed by atoms with van der Waals surface area (Å²) in [5.74, 6) is 0.564. The normalized spacial score (nSPS) is 17.9. The Labute approximate surface area is 87.7 Å². The number of nitrogens with two attached hydrogens (primary N) is 1. The van der Waals surface area contributed by atoms with E-state index >= 15 is 0 Å². The van der Waals surface area contributed by atoms with Gasteiger partial charge in [-0.15, -0.1) is 0 Å². The van der Waals surface area contributed by atoms with Gasteiger partial charge in [0.25, 0.3) is 0 Å². The lowest BCUT2D eigenvalue weighted by Crippen LogP contribution is -2.99. The van der Waals surface area contributed by atoms with Crippen LogP contribution < -0.4 is 15.5 Å². The van der Waals surface area contributed by atoms with Crippen molar-refractivity contribution in [1.29, 1.82) is 0 Å². The van der Waals surface area contributed by atoms with E-state index in [1.165, 1.54) is 6.34 Å². The zero-order valence-corrected chi connectivity index (χ0v) is 8.49. The van der Waals surface area contributed by atoms with Gasteiger partial charge in [0.15, 0.2) is 12.0 Å². The molecule has 15 heavy (non-hydrogen) atoms. The highest BCUT2D eigenvalue weighted by atomic mass is 16.5. The Balaban J connectivity index is 2.31. The Morgan fingerprint density at radius 1 is 1.53 bits per heavy atom. The quantitative estimate of drug-likeness (QED) is 0.567. The second-order valence-corrected chi connectivity index (χ2v) is 3.38. The van der Waals surface area contributed by atoms with Crippen molar-refractivity contribution in [1.82, 2.24) is 0 Å². The number of quaternary nitrogens is 1. The van der Waals surface area contributed by atoms with Gasteiger partial charge in [-0.05, 0) is 12.5 Å². The first-order chi connectivity index (χ1) is 7.22. The summed E-state index contributed by atoms with van der Waals surface area (Å²) < 4.78 is 5.43. The smallest absolute Gasteiger partial charge is 0.194 e. The Hall–Kier alpha value is -1.59. The van der Waals surface area contributed by atoms with Crippen LogP contribution in [0.5, 0.6) is 5.75 Å². The van der Waals surface area contributed by atoms with Crippen LogP contribution >= 0.6 is 0 Å². The minimum absolute atomic E-state index is 0.0913. The monoisotopic (exact) mass is 207 g/mol. The van der Waals surface area contributed by atoms with E-state index < -0.39 is 0 Å². The number of nitrogens with one attached hydrogen (secondary N) is 1. The molecule has 0 saturated heterocycles. The summed E-state index contributed by atoms with van der Waals surface area (Å²) in [7, 11) is 0. The number of benzene rings is 1. The van der Waals surface area contributed by atoms with E-state index in [1.54, 1.807) is 12.1 Å². The van der Waals surface area contributed by atoms with Crippen LogP contribution in [0.3, 0.4) is 0 Å². The molecular weight excluding hydrogens is 194 g/mol. The van der Waals surface area contributed by atoms with Crippen LogP contribution in [0.15, 0.2) is 17.1 Å². The second kappa shape index (κ2) is 3.88. The van der Waals surface area contributed by atoms with E-state index in [0.717, 1.165) is 6.42 Å². The van der Waals surface area contributed by atoms with Crippen LogP contribution in [0, 0.1) is 5.21 Å². The van der Waals surface area contributed by atoms with Gasteiger partial charge in [-0.25, -0.2) is 0 Å². The topological polar surface area (TPSA) is 75.1 Å². The number of hydrogen-bond acceptors (Lipinski definition) is 4. The molecule has 0 aliphatic carbocycles. The summed E-state index contributed by atoms with van der Waals surface area (Å²) in [4.78, 5) is 3.95. The van der Waals surface area contributed by atoms with Gasteiger partial charge in [0, 0.05) is 6.07 Å². The third kappa shape index (κ3) is 1.79. The number of anilines is 1. The Morgan fingerprint density at radius 3 is 3.07 bits per heavy atom. The van der Waals surface area contributed by atoms with Gasteiger partial charge in [0.2, 0.25) is 0 Å². The number of ether oxygens (including phenoxy) is 1. The predicted molar refractivity (Wildman–Crippen MR) is 58.8 cm³/mol. The fourth-order valence-electron chi connectivity index (χ4n) is 1.42. The number of fused-ring (bicyclic) bond motifs is 1. The fourth-order valence-corrected chi connectivity index (χ4v) is 1.42. The van der Waals surface area contributed by atoms with Gasteiger partial charge in [0.1, 0.15) is 11.4 Å². The lowest BCUT2D eigenvalue weighted by molar-refractivity contribution is -0.655. The molecule has 1 aliphatic rings. The van der Waals surface area contributed by atoms with Gasteiger partial charge in [-0.1, -0.05) is 6.92 Å². The van der Waals surface area contributed by atoms with Crippen molar-refractivity contribution < 1.29 is 9.80 Å². The van der Waals surface area contributed by atoms with Crippen LogP contribution in [0.25, 0.3) is 0 Å². The molecule has 0 aromatic heterocycles. The molecule has 0 bridgehead atoms. The molecule has 1 heterocycles. The summed E-state index contributed by atoms with van der Waals surface area (Å²) >= 11 is 0. The molecule has 0 saturated carbocycles. The van der Waals surface area contributed by atoms with Crippen LogP contribution in [0.2, 0.25) is 0 Å². The minimum Gasteiger partial charge on any atom is -0.623 e. The van der Waals surface area contributed by atoms with Crippen LogP contribution in [-0.2, 0) is 0 Å². The molecular formula is C10H13N3O2. The number of aliphatic imine (C=N–C) groups is 1. The SMILES string of the molecule is CCCOc1cc2c(cc1N)N=C[NH+]2[O-]. The first kappa shape index (κ1) is 9.95. The molecule has 0 fully saturated rings. The molecule has 5 nitrogen and oxygen atoms in total. The molecule has 1 aliphatic heterocycles. The first-order valence-electron chi connectivity index (χ1n) is 4.87. The minimum atomic E-state index is -0.0913. The van der Waals surface area contributed by atoms with E-state index in [0.29, 0.717) is 29.4 Å². The maximum Gasteiger partial charge on any atom is 0.194 e. The Morgan fingerprint density at radius 2 is 2.33 bits per heavy atom. The summed E-state index contributed by atoms with van der Waals surface area (Å²) in [6, 6.07) is 3.33. The lowest BCUT2D eigenvalue weighted by Gasteiger charge is -2.14. The molecule has 2 rings (SSSR count). The Kier molecular flexibility index (Phi) is 2.57. The van der Waals surface area contributed by atoms with Gasteiger partial charge in [-0.2, -0.15) is 4.99 Å². The lowest BCUT2D eigenvalue weighted by atomic mass is 10.2. The maximum absolute atomic E-state index is 11.4. The number of hydrogen-bond donors (Lipinski definition) is 2. The van der Waals surface area contributed by atoms with Crippen molar-refractivity contribution in [2.45, 2.75) is 13.3 Å². The number of nitrogen functional groups attached to an aromatic ring is 1. The zero-order valence-electron chi connectivity index (χ0n) is 8.49. The van der Waals surface area contributed by atoms with Gasteiger partial charge >= 0.3 is 0 Å². The largest absolute Gasteiger partial charge is 0.623 e. The van der Waals surface area contributed by atoms with E-state index in [-0.39, 0.29) is 5.06 Å². The van der Waals surface area contributed by atoms with Crippen LogP contribution in [0.1, 0.15) is 13.3 Å². The third-order valence-electron chi connectivity index (χ3n) is 2.18. The van der Waals surface area contributed by atoms with E-state index in [4.69, 9.17) is 10.5 Å². The highest BCUT2D eigenvalue weighted by Gasteiger charge is 2.18. The molecule has 1 aromatic rings. The van der Waals surface area contributed by atoms with Crippen LogP contribution in [-0.4, -0.2) is 12.9 Å². The molecule has 80 valence electrons. The van der Waals surface area contributed by atoms with Crippen molar-refractivity contribution >= 4 is 23.4 Å². The summed E-state index contributed by atoms with van der Waals surface area (Å²) in [5, 5.41) is 11.3. The van der Waals surface area contributed by atoms with Gasteiger partial charge < -0.3 is 15.7 Å². The summed E-state index contributed by atoms with van der Waals surface area (Å²) in [5.41, 5.74) is 7.48. The highest BCUT2D eigenvalue weighted by Crippen LogP contribution is 2.34. The highest BCUT2D eigenvalue weighted by molar-refractivity contribution is 5.78. The zero-order chi connectivity index (χ0) is 10.8. The molecule has 0 amide bonds. The molecule has 0 spiro atoms. The third-order valence-corrected chi connectivity index (χ3v) is 2.18. The molecule has 1 atom stereocenters. The van der Waals surface area contributed by atoms with Crippen molar-refractivity contribution in [2.24, 2.45) is 4.99 Å². The number of hydroxylamine groups is 1. The second-order valence-electron chi connectivity index (χ2n) is 3.38. The number of rotatable bonds is 3. The molecule has 1 aromatic carbocycles. The summed E-state index contributed by atoms with van der Waals surface area (Å²) in [6.07, 6.45) is 2.20. The van der Waals surface area contributed by atoms with Gasteiger partial charge in [0.05, 0.1) is 12.3 Å². The average molecular weight is 207 g/mol. The molecule has 3 N–H and O–H groups in total. The fraction of sp³-hybridized carbons (Fsp3) is 0.300. The molecule has 5 heteroatoms. The standard InChI is InChI=1S/C10H13N3O2/c1-2-3-15-10-5-9-8(4-7(10)11)12-6-13(9)14/h4-6,13H,2-3,11H2,1H3. The molecule has 1 unspecified atom stereocenters. The van der Waals surface area contributed by atoms with E-state index in [2.05, 4.69) is 4.99 Å². The molecule has 0 radical (unpaired) electrons. The van der Waals surface area contributed by atoms with Crippen molar-refractivity contribution in [3.8, 4) is 5.75 Å². The van der Waals surface area contributed by atoms with E-state index in [9.17, 15) is 5.21 Å². The predicted octanol–water partition coefficient (Wildman–Crippen LogP) is 0.745. The maximum atomic E-state index is 11.4.